The lowest BCUT2D eigenvalue weighted by Crippen LogP contribution is -2.03. The number of hydrogen-bond donors (Lipinski definition) is 1. The number of amidine groups is 1. The fourth-order valence-electron chi connectivity index (χ4n) is 3.13. The Hall–Kier alpha value is -1.91. The number of nitrogens with zero attached hydrogens (tertiary/aromatic N) is 2. The molecule has 3 nitrogen and oxygen atoms in total. The molecule has 0 fully saturated rings. The number of aliphatic imine (C=N–C) groups is 1. The highest BCUT2D eigenvalue weighted by Gasteiger charge is 2.17. The molecule has 1 heterocycles. The molecule has 2 N–H and O–H groups in total. The lowest BCUT2D eigenvalue weighted by Gasteiger charge is -2.16. The second-order valence-corrected chi connectivity index (χ2v) is 7.67. The van der Waals surface area contributed by atoms with Crippen LogP contribution in [0.25, 0.3) is 16.5 Å². The van der Waals surface area contributed by atoms with Crippen LogP contribution >= 0.6 is 23.2 Å². The molecule has 0 saturated carbocycles. The average molecular weight is 422 g/mol. The summed E-state index contributed by atoms with van der Waals surface area (Å²) >= 11 is 12.6. The number of aromatic nitrogens is 1. The lowest BCUT2D eigenvalue weighted by molar-refractivity contribution is 0.636. The van der Waals surface area contributed by atoms with E-state index in [0.29, 0.717) is 27.8 Å². The van der Waals surface area contributed by atoms with Crippen molar-refractivity contribution in [3.8, 4) is 0 Å². The minimum Gasteiger partial charge on any atom is -0.387 e. The summed E-state index contributed by atoms with van der Waals surface area (Å²) in [6.07, 6.45) is 6.90. The van der Waals surface area contributed by atoms with Gasteiger partial charge in [-0.05, 0) is 53.7 Å². The molecule has 0 amide bonds. The van der Waals surface area contributed by atoms with Crippen molar-refractivity contribution in [3.63, 3.8) is 0 Å². The molecule has 6 heteroatoms. The van der Waals surface area contributed by atoms with E-state index in [-0.39, 0.29) is 11.7 Å². The second kappa shape index (κ2) is 10.0. The lowest BCUT2D eigenvalue weighted by atomic mass is 9.92. The Morgan fingerprint density at radius 1 is 1.36 bits per heavy atom. The normalized spacial score (nSPS) is 13.6. The minimum atomic E-state index is -0.388. The Kier molecular flexibility index (Phi) is 8.02. The van der Waals surface area contributed by atoms with E-state index in [1.54, 1.807) is 13.1 Å². The number of rotatable bonds is 7. The van der Waals surface area contributed by atoms with Crippen molar-refractivity contribution >= 4 is 45.5 Å². The smallest absolute Gasteiger partial charge is 0.150 e. The van der Waals surface area contributed by atoms with E-state index in [0.717, 1.165) is 34.9 Å². The van der Waals surface area contributed by atoms with Gasteiger partial charge in [0.1, 0.15) is 11.3 Å². The first kappa shape index (κ1) is 22.4. The number of pyridine rings is 1. The van der Waals surface area contributed by atoms with Crippen LogP contribution in [0.2, 0.25) is 0 Å². The predicted octanol–water partition coefficient (Wildman–Crippen LogP) is 6.88. The van der Waals surface area contributed by atoms with Gasteiger partial charge in [-0.1, -0.05) is 44.9 Å². The van der Waals surface area contributed by atoms with Crippen LogP contribution in [0.3, 0.4) is 0 Å². The standard InChI is InChI=1S/C22H26Cl2FN3/c1-5-6-7-17(19(24)12-27-14(4)26)15-8-18-21(13(2)3)16(10-23)11-28-22(18)20(25)9-15/h7-9,11-13H,5-6,10H2,1-4H3,(H2,26,27)/b17-7+,19-12+. The summed E-state index contributed by atoms with van der Waals surface area (Å²) in [4.78, 5) is 8.37. The molecule has 0 aliphatic carbocycles. The Bertz CT molecular complexity index is 942. The van der Waals surface area contributed by atoms with Gasteiger partial charge < -0.3 is 5.73 Å². The SMILES string of the molecule is CCC/C=C(/C(Cl)=C\N=C(C)N)c1cc(F)c2ncc(CCl)c(C(C)C)c2c1. The van der Waals surface area contributed by atoms with Gasteiger partial charge in [0.05, 0.1) is 10.9 Å². The quantitative estimate of drug-likeness (QED) is 0.229. The highest BCUT2D eigenvalue weighted by molar-refractivity contribution is 6.37. The third-order valence-corrected chi connectivity index (χ3v) is 4.95. The Labute approximate surface area is 176 Å². The summed E-state index contributed by atoms with van der Waals surface area (Å²) < 4.78 is 15.0. The van der Waals surface area contributed by atoms with Gasteiger partial charge in [-0.15, -0.1) is 11.6 Å². The zero-order valence-electron chi connectivity index (χ0n) is 16.7. The van der Waals surface area contributed by atoms with Crippen LogP contribution in [0, 0.1) is 5.82 Å². The Morgan fingerprint density at radius 2 is 2.07 bits per heavy atom. The third kappa shape index (κ3) is 5.12. The Balaban J connectivity index is 2.77. The molecule has 2 rings (SSSR count). The molecule has 0 atom stereocenters. The number of allylic oxidation sites excluding steroid dienone is 3. The van der Waals surface area contributed by atoms with Crippen LogP contribution in [0.4, 0.5) is 4.39 Å². The van der Waals surface area contributed by atoms with E-state index in [1.165, 1.54) is 12.3 Å². The number of alkyl halides is 1. The summed E-state index contributed by atoms with van der Waals surface area (Å²) in [5.74, 6) is 0.510. The number of nitrogens with two attached hydrogens (primary N) is 1. The molecule has 2 aromatic rings. The summed E-state index contributed by atoms with van der Waals surface area (Å²) in [6, 6.07) is 3.41. The minimum absolute atomic E-state index is 0.174. The van der Waals surface area contributed by atoms with Crippen molar-refractivity contribution < 1.29 is 4.39 Å². The fraction of sp³-hybridized carbons (Fsp3) is 0.364. The maximum atomic E-state index is 15.0. The zero-order chi connectivity index (χ0) is 20.8. The topological polar surface area (TPSA) is 51.3 Å². The van der Waals surface area contributed by atoms with Crippen molar-refractivity contribution in [1.29, 1.82) is 0 Å². The zero-order valence-corrected chi connectivity index (χ0v) is 18.2. The van der Waals surface area contributed by atoms with Gasteiger partial charge in [-0.3, -0.25) is 4.98 Å². The Morgan fingerprint density at radius 3 is 2.64 bits per heavy atom. The molecule has 1 aromatic carbocycles. The second-order valence-electron chi connectivity index (χ2n) is 6.99. The third-order valence-electron chi connectivity index (χ3n) is 4.36. The molecule has 0 aliphatic heterocycles. The molecule has 150 valence electrons. The molecule has 0 radical (unpaired) electrons. The van der Waals surface area contributed by atoms with Crippen LogP contribution in [-0.4, -0.2) is 10.8 Å². The monoisotopic (exact) mass is 421 g/mol. The number of hydrogen-bond acceptors (Lipinski definition) is 2. The number of benzene rings is 1. The van der Waals surface area contributed by atoms with Gasteiger partial charge in [0.25, 0.3) is 0 Å². The molecule has 0 aliphatic rings. The summed E-state index contributed by atoms with van der Waals surface area (Å²) in [7, 11) is 0. The maximum Gasteiger partial charge on any atom is 0.150 e. The molecular formula is C22H26Cl2FN3. The highest BCUT2D eigenvalue weighted by atomic mass is 35.5. The van der Waals surface area contributed by atoms with Gasteiger partial charge in [0.15, 0.2) is 0 Å². The largest absolute Gasteiger partial charge is 0.387 e. The van der Waals surface area contributed by atoms with Crippen molar-refractivity contribution in [2.24, 2.45) is 10.7 Å². The maximum absolute atomic E-state index is 15.0. The molecule has 1 aromatic heterocycles. The van der Waals surface area contributed by atoms with E-state index < -0.39 is 0 Å². The summed E-state index contributed by atoms with van der Waals surface area (Å²) in [5.41, 5.74) is 9.27. The van der Waals surface area contributed by atoms with Crippen LogP contribution in [0.15, 0.2) is 40.6 Å². The summed E-state index contributed by atoms with van der Waals surface area (Å²) in [6.45, 7) is 7.88. The van der Waals surface area contributed by atoms with Crippen molar-refractivity contribution in [2.45, 2.75) is 52.3 Å². The van der Waals surface area contributed by atoms with E-state index in [9.17, 15) is 4.39 Å². The molecule has 0 bridgehead atoms. The molecule has 0 unspecified atom stereocenters. The van der Waals surface area contributed by atoms with Crippen molar-refractivity contribution in [1.82, 2.24) is 4.98 Å². The van der Waals surface area contributed by atoms with Crippen molar-refractivity contribution in [3.05, 3.63) is 58.1 Å². The van der Waals surface area contributed by atoms with Crippen LogP contribution in [-0.2, 0) is 5.88 Å². The van der Waals surface area contributed by atoms with Gasteiger partial charge >= 0.3 is 0 Å². The molecular weight excluding hydrogens is 396 g/mol. The predicted molar refractivity (Wildman–Crippen MR) is 119 cm³/mol. The van der Waals surface area contributed by atoms with Gasteiger partial charge in [0, 0.05) is 23.7 Å². The molecule has 0 saturated heterocycles. The van der Waals surface area contributed by atoms with Gasteiger partial charge in [-0.2, -0.15) is 0 Å². The number of fused-ring (bicyclic) bond motifs is 1. The van der Waals surface area contributed by atoms with Gasteiger partial charge in [-0.25, -0.2) is 9.38 Å². The van der Waals surface area contributed by atoms with Gasteiger partial charge in [0.2, 0.25) is 0 Å². The molecule has 28 heavy (non-hydrogen) atoms. The first-order valence-electron chi connectivity index (χ1n) is 9.33. The summed E-state index contributed by atoms with van der Waals surface area (Å²) in [5, 5.41) is 1.16. The van der Waals surface area contributed by atoms with Crippen molar-refractivity contribution in [2.75, 3.05) is 0 Å². The first-order valence-corrected chi connectivity index (χ1v) is 10.2. The average Bonchev–Trinajstić information content (AvgIpc) is 2.65. The molecule has 0 spiro atoms. The number of halogens is 3. The highest BCUT2D eigenvalue weighted by Crippen LogP contribution is 2.35. The fourth-order valence-corrected chi connectivity index (χ4v) is 3.58. The van der Waals surface area contributed by atoms with E-state index in [4.69, 9.17) is 28.9 Å². The van der Waals surface area contributed by atoms with Crippen LogP contribution in [0.1, 0.15) is 63.1 Å². The number of unbranched alkanes of at least 4 members (excludes halogenated alkanes) is 1. The van der Waals surface area contributed by atoms with E-state index in [1.807, 2.05) is 12.1 Å². The van der Waals surface area contributed by atoms with Crippen LogP contribution in [0.5, 0.6) is 0 Å². The van der Waals surface area contributed by atoms with Crippen LogP contribution < -0.4 is 5.73 Å². The van der Waals surface area contributed by atoms with E-state index in [2.05, 4.69) is 30.7 Å². The first-order chi connectivity index (χ1) is 13.3. The van der Waals surface area contributed by atoms with E-state index >= 15 is 0 Å².